The highest BCUT2D eigenvalue weighted by molar-refractivity contribution is 7.26. The van der Waals surface area contributed by atoms with Gasteiger partial charge >= 0.3 is 0 Å². The monoisotopic (exact) mass is 734 g/mol. The van der Waals surface area contributed by atoms with Crippen molar-refractivity contribution in [2.75, 3.05) is 0 Å². The Morgan fingerprint density at radius 2 is 0.946 bits per heavy atom. The summed E-state index contributed by atoms with van der Waals surface area (Å²) in [5, 5.41) is 4.54. The fourth-order valence-electron chi connectivity index (χ4n) is 7.48. The van der Waals surface area contributed by atoms with Gasteiger partial charge in [0.1, 0.15) is 5.52 Å². The lowest BCUT2D eigenvalue weighted by Crippen LogP contribution is -2.00. The Labute approximate surface area is 326 Å². The van der Waals surface area contributed by atoms with Gasteiger partial charge in [0.2, 0.25) is 5.89 Å². The molecular formula is C50H30N4OS. The second-order valence-electron chi connectivity index (χ2n) is 13.9. The second kappa shape index (κ2) is 13.2. The molecule has 5 nitrogen and oxygen atoms in total. The Balaban J connectivity index is 1.01. The van der Waals surface area contributed by atoms with Crippen molar-refractivity contribution in [2.24, 2.45) is 0 Å². The lowest BCUT2D eigenvalue weighted by atomic mass is 10.0. The van der Waals surface area contributed by atoms with Crippen LogP contribution in [0.25, 0.3) is 110 Å². The molecule has 0 radical (unpaired) electrons. The average molecular weight is 735 g/mol. The summed E-state index contributed by atoms with van der Waals surface area (Å²) in [7, 11) is 0. The van der Waals surface area contributed by atoms with Gasteiger partial charge in [-0.25, -0.2) is 19.9 Å². The van der Waals surface area contributed by atoms with Gasteiger partial charge in [-0.15, -0.1) is 11.3 Å². The van der Waals surface area contributed by atoms with Crippen molar-refractivity contribution in [3.63, 3.8) is 0 Å². The van der Waals surface area contributed by atoms with Crippen LogP contribution in [0, 0.1) is 0 Å². The number of hydrogen-bond acceptors (Lipinski definition) is 6. The van der Waals surface area contributed by atoms with Crippen molar-refractivity contribution in [3.05, 3.63) is 182 Å². The number of fused-ring (bicyclic) bond motifs is 5. The van der Waals surface area contributed by atoms with E-state index >= 15 is 0 Å². The summed E-state index contributed by atoms with van der Waals surface area (Å²) in [5.41, 5.74) is 9.99. The summed E-state index contributed by atoms with van der Waals surface area (Å²) in [6.07, 6.45) is 0. The Morgan fingerprint density at radius 1 is 0.375 bits per heavy atom. The molecule has 0 saturated heterocycles. The predicted molar refractivity (Wildman–Crippen MR) is 230 cm³/mol. The van der Waals surface area contributed by atoms with Crippen molar-refractivity contribution in [1.29, 1.82) is 0 Å². The first-order valence-corrected chi connectivity index (χ1v) is 19.4. The van der Waals surface area contributed by atoms with E-state index in [0.717, 1.165) is 70.0 Å². The van der Waals surface area contributed by atoms with Crippen molar-refractivity contribution >= 4 is 53.4 Å². The second-order valence-corrected chi connectivity index (χ2v) is 14.9. The molecule has 0 amide bonds. The van der Waals surface area contributed by atoms with Gasteiger partial charge in [0.25, 0.3) is 0 Å². The van der Waals surface area contributed by atoms with Gasteiger partial charge in [-0.3, -0.25) is 0 Å². The predicted octanol–water partition coefficient (Wildman–Crippen LogP) is 13.5. The molecule has 11 rings (SSSR count). The van der Waals surface area contributed by atoms with Gasteiger partial charge in [0.15, 0.2) is 23.1 Å². The highest BCUT2D eigenvalue weighted by Crippen LogP contribution is 2.42. The molecular weight excluding hydrogens is 705 g/mol. The Morgan fingerprint density at radius 3 is 1.66 bits per heavy atom. The molecule has 56 heavy (non-hydrogen) atoms. The van der Waals surface area contributed by atoms with E-state index in [0.29, 0.717) is 23.4 Å². The standard InChI is InChI=1S/C50H30N4OS/c1-3-10-31(11-4-1)34-18-23-36(24-19-34)47-52-48(39-27-22-33-14-7-8-15-38(33)28-39)54-49(53-47)41-17-9-16-40-42-29-44-43(30-45(42)56-46(40)41)51-50(55-44)37-25-20-35(21-26-37)32-12-5-2-6-13-32/h1-30H. The van der Waals surface area contributed by atoms with Crippen molar-refractivity contribution in [3.8, 4) is 67.9 Å². The van der Waals surface area contributed by atoms with Crippen LogP contribution in [0.5, 0.6) is 0 Å². The van der Waals surface area contributed by atoms with E-state index < -0.39 is 0 Å². The highest BCUT2D eigenvalue weighted by Gasteiger charge is 2.19. The molecule has 0 aliphatic heterocycles. The first-order valence-electron chi connectivity index (χ1n) is 18.5. The van der Waals surface area contributed by atoms with Crippen LogP contribution in [0.15, 0.2) is 186 Å². The van der Waals surface area contributed by atoms with Gasteiger partial charge in [-0.2, -0.15) is 0 Å². The van der Waals surface area contributed by atoms with E-state index in [4.69, 9.17) is 24.4 Å². The lowest BCUT2D eigenvalue weighted by Gasteiger charge is -2.10. The third-order valence-corrected chi connectivity index (χ3v) is 11.6. The number of rotatable bonds is 6. The van der Waals surface area contributed by atoms with Gasteiger partial charge in [0.05, 0.1) is 0 Å². The number of oxazole rings is 1. The van der Waals surface area contributed by atoms with E-state index in [1.807, 2.05) is 12.1 Å². The minimum Gasteiger partial charge on any atom is -0.436 e. The first kappa shape index (κ1) is 32.2. The molecule has 8 aromatic carbocycles. The maximum atomic E-state index is 6.40. The SMILES string of the molecule is c1ccc(-c2ccc(-c3nc(-c4ccc5ccccc5c4)nc(-c4cccc5c4sc4cc6nc(-c7ccc(-c8ccccc8)cc7)oc6cc45)n3)cc2)cc1. The number of benzene rings is 8. The van der Waals surface area contributed by atoms with Gasteiger partial charge < -0.3 is 4.42 Å². The van der Waals surface area contributed by atoms with Crippen LogP contribution < -0.4 is 0 Å². The molecule has 3 aromatic heterocycles. The normalized spacial score (nSPS) is 11.6. The van der Waals surface area contributed by atoms with E-state index in [2.05, 4.69) is 170 Å². The fraction of sp³-hybridized carbons (Fsp3) is 0. The van der Waals surface area contributed by atoms with Crippen LogP contribution in [0.3, 0.4) is 0 Å². The van der Waals surface area contributed by atoms with Crippen LogP contribution in [0.4, 0.5) is 0 Å². The Kier molecular flexibility index (Phi) is 7.60. The van der Waals surface area contributed by atoms with Crippen molar-refractivity contribution < 1.29 is 4.42 Å². The van der Waals surface area contributed by atoms with Crippen LogP contribution in [0.2, 0.25) is 0 Å². The number of hydrogen-bond donors (Lipinski definition) is 0. The molecule has 0 bridgehead atoms. The number of nitrogens with zero attached hydrogens (tertiary/aromatic N) is 4. The zero-order valence-electron chi connectivity index (χ0n) is 29.9. The lowest BCUT2D eigenvalue weighted by molar-refractivity contribution is 0.620. The quantitative estimate of drug-likeness (QED) is 0.170. The minimum atomic E-state index is 0.609. The molecule has 262 valence electrons. The molecule has 3 heterocycles. The molecule has 0 N–H and O–H groups in total. The largest absolute Gasteiger partial charge is 0.436 e. The maximum absolute atomic E-state index is 6.40. The molecule has 0 aliphatic carbocycles. The van der Waals surface area contributed by atoms with Crippen LogP contribution >= 0.6 is 11.3 Å². The first-order chi connectivity index (χ1) is 27.7. The summed E-state index contributed by atoms with van der Waals surface area (Å²) in [6, 6.07) is 63.0. The number of thiophene rings is 1. The topological polar surface area (TPSA) is 64.7 Å². The molecule has 0 fully saturated rings. The Hall–Kier alpha value is -7.28. The van der Waals surface area contributed by atoms with Crippen molar-refractivity contribution in [1.82, 2.24) is 19.9 Å². The summed E-state index contributed by atoms with van der Waals surface area (Å²) < 4.78 is 8.63. The third kappa shape index (κ3) is 5.72. The smallest absolute Gasteiger partial charge is 0.227 e. The van der Waals surface area contributed by atoms with Crippen LogP contribution in [-0.2, 0) is 0 Å². The van der Waals surface area contributed by atoms with E-state index in [9.17, 15) is 0 Å². The van der Waals surface area contributed by atoms with Crippen LogP contribution in [-0.4, -0.2) is 19.9 Å². The molecule has 0 spiro atoms. The number of aromatic nitrogens is 4. The summed E-state index contributed by atoms with van der Waals surface area (Å²) >= 11 is 1.73. The van der Waals surface area contributed by atoms with E-state index in [1.54, 1.807) is 11.3 Å². The summed E-state index contributed by atoms with van der Waals surface area (Å²) in [6.45, 7) is 0. The molecule has 6 heteroatoms. The average Bonchev–Trinajstić information content (AvgIpc) is 3.86. The summed E-state index contributed by atoms with van der Waals surface area (Å²) in [5.74, 6) is 2.50. The molecule has 0 atom stereocenters. The zero-order chi connectivity index (χ0) is 37.0. The van der Waals surface area contributed by atoms with Gasteiger partial charge in [-0.1, -0.05) is 146 Å². The molecule has 0 aliphatic rings. The molecule has 0 unspecified atom stereocenters. The van der Waals surface area contributed by atoms with Gasteiger partial charge in [-0.05, 0) is 69.4 Å². The summed E-state index contributed by atoms with van der Waals surface area (Å²) in [4.78, 5) is 20.3. The molecule has 11 aromatic rings. The van der Waals surface area contributed by atoms with E-state index in [-0.39, 0.29) is 0 Å². The van der Waals surface area contributed by atoms with Crippen molar-refractivity contribution in [2.45, 2.75) is 0 Å². The maximum Gasteiger partial charge on any atom is 0.227 e. The highest BCUT2D eigenvalue weighted by atomic mass is 32.1. The van der Waals surface area contributed by atoms with Crippen LogP contribution in [0.1, 0.15) is 0 Å². The minimum absolute atomic E-state index is 0.609. The fourth-order valence-corrected chi connectivity index (χ4v) is 8.71. The third-order valence-electron chi connectivity index (χ3n) is 10.4. The zero-order valence-corrected chi connectivity index (χ0v) is 30.7. The Bertz CT molecular complexity index is 3230. The van der Waals surface area contributed by atoms with Gasteiger partial charge in [0, 0.05) is 42.4 Å². The van der Waals surface area contributed by atoms with E-state index in [1.165, 1.54) is 16.5 Å². The molecule has 0 saturated carbocycles.